The van der Waals surface area contributed by atoms with Crippen molar-refractivity contribution in [2.75, 3.05) is 45.3 Å². The third kappa shape index (κ3) is 4.52. The Labute approximate surface area is 182 Å². The van der Waals surface area contributed by atoms with E-state index in [0.29, 0.717) is 61.1 Å². The summed E-state index contributed by atoms with van der Waals surface area (Å²) in [6, 6.07) is 10.00. The fraction of sp³-hybridized carbons (Fsp3) is 0.348. The van der Waals surface area contributed by atoms with E-state index in [1.165, 1.54) is 32.4 Å². The van der Waals surface area contributed by atoms with Gasteiger partial charge in [-0.3, -0.25) is 9.69 Å². The zero-order chi connectivity index (χ0) is 22.9. The minimum Gasteiger partial charge on any atom is -0.496 e. The molecule has 0 unspecified atom stereocenters. The average molecular weight is 448 g/mol. The van der Waals surface area contributed by atoms with Gasteiger partial charge in [-0.1, -0.05) is 12.1 Å². The van der Waals surface area contributed by atoms with Crippen molar-refractivity contribution in [1.29, 1.82) is 0 Å². The summed E-state index contributed by atoms with van der Waals surface area (Å²) in [6.07, 6.45) is -4.33. The Bertz CT molecular complexity index is 1150. The molecule has 1 fully saturated rings. The van der Waals surface area contributed by atoms with Crippen molar-refractivity contribution in [3.8, 4) is 11.5 Å². The van der Waals surface area contributed by atoms with Crippen molar-refractivity contribution in [2.24, 2.45) is 0 Å². The third-order valence-electron chi connectivity index (χ3n) is 5.58. The lowest BCUT2D eigenvalue weighted by atomic mass is 10.1. The van der Waals surface area contributed by atoms with Gasteiger partial charge in [0.25, 0.3) is 0 Å². The Morgan fingerprint density at radius 1 is 0.969 bits per heavy atom. The van der Waals surface area contributed by atoms with Crippen molar-refractivity contribution in [1.82, 2.24) is 4.90 Å². The number of nitrogens with zero attached hydrogens (tertiary/aromatic N) is 2. The molecule has 4 rings (SSSR count). The van der Waals surface area contributed by atoms with Crippen LogP contribution >= 0.6 is 0 Å². The molecule has 1 aliphatic rings. The number of hydrogen-bond donors (Lipinski definition) is 0. The largest absolute Gasteiger partial charge is 0.496 e. The predicted octanol–water partition coefficient (Wildman–Crippen LogP) is 4.15. The number of anilines is 1. The van der Waals surface area contributed by atoms with Crippen LogP contribution in [0.5, 0.6) is 11.5 Å². The first-order chi connectivity index (χ1) is 15.3. The van der Waals surface area contributed by atoms with Gasteiger partial charge in [-0.05, 0) is 17.7 Å². The van der Waals surface area contributed by atoms with Crippen molar-refractivity contribution in [3.05, 3.63) is 63.8 Å². The van der Waals surface area contributed by atoms with E-state index >= 15 is 0 Å². The SMILES string of the molecule is COc1cc(OC)c2c(=O)cc(N3CCN(Cc4ccc(C(F)(F)F)cc4)CC3)oc2c1. The number of ether oxygens (including phenoxy) is 2. The normalized spacial score (nSPS) is 15.2. The van der Waals surface area contributed by atoms with E-state index < -0.39 is 11.7 Å². The van der Waals surface area contributed by atoms with Crippen molar-refractivity contribution >= 4 is 16.9 Å². The summed E-state index contributed by atoms with van der Waals surface area (Å²) in [7, 11) is 3.01. The van der Waals surface area contributed by atoms with E-state index in [2.05, 4.69) is 4.90 Å². The maximum atomic E-state index is 12.7. The molecule has 0 atom stereocenters. The molecule has 0 bridgehead atoms. The molecule has 170 valence electrons. The van der Waals surface area contributed by atoms with E-state index in [1.54, 1.807) is 12.1 Å². The van der Waals surface area contributed by atoms with Crippen LogP contribution in [0.4, 0.5) is 19.1 Å². The first-order valence-electron chi connectivity index (χ1n) is 10.1. The molecule has 9 heteroatoms. The molecule has 0 amide bonds. The maximum absolute atomic E-state index is 12.7. The van der Waals surface area contributed by atoms with Crippen molar-refractivity contribution in [3.63, 3.8) is 0 Å². The van der Waals surface area contributed by atoms with Crippen LogP contribution in [0, 0.1) is 0 Å². The lowest BCUT2D eigenvalue weighted by Gasteiger charge is -2.35. The van der Waals surface area contributed by atoms with Gasteiger partial charge in [0.15, 0.2) is 11.3 Å². The van der Waals surface area contributed by atoms with Gasteiger partial charge >= 0.3 is 6.18 Å². The topological polar surface area (TPSA) is 55.2 Å². The summed E-state index contributed by atoms with van der Waals surface area (Å²) in [5.74, 6) is 1.38. The summed E-state index contributed by atoms with van der Waals surface area (Å²) >= 11 is 0. The highest BCUT2D eigenvalue weighted by atomic mass is 19.4. The number of alkyl halides is 3. The van der Waals surface area contributed by atoms with Crippen LogP contribution in [0.15, 0.2) is 51.7 Å². The number of halogens is 3. The zero-order valence-corrected chi connectivity index (χ0v) is 17.7. The lowest BCUT2D eigenvalue weighted by molar-refractivity contribution is -0.137. The van der Waals surface area contributed by atoms with E-state index in [4.69, 9.17) is 13.9 Å². The zero-order valence-electron chi connectivity index (χ0n) is 17.7. The van der Waals surface area contributed by atoms with Crippen LogP contribution < -0.4 is 19.8 Å². The number of methoxy groups -OCH3 is 2. The molecular formula is C23H23F3N2O4. The van der Waals surface area contributed by atoms with Crippen molar-refractivity contribution < 1.29 is 27.1 Å². The van der Waals surface area contributed by atoms with Crippen LogP contribution in [0.3, 0.4) is 0 Å². The molecule has 1 aromatic heterocycles. The minimum atomic E-state index is -4.33. The second-order valence-corrected chi connectivity index (χ2v) is 7.61. The molecule has 1 aliphatic heterocycles. The standard InChI is InChI=1S/C23H23F3N2O4/c1-30-17-11-19(31-2)22-18(29)13-21(32-20(22)12-17)28-9-7-27(8-10-28)14-15-3-5-16(6-4-15)23(24,25)26/h3-6,11-13H,7-10,14H2,1-2H3. The first kappa shape index (κ1) is 22.0. The second-order valence-electron chi connectivity index (χ2n) is 7.61. The van der Waals surface area contributed by atoms with Gasteiger partial charge in [-0.2, -0.15) is 13.2 Å². The van der Waals surface area contributed by atoms with Gasteiger partial charge < -0.3 is 18.8 Å². The first-order valence-corrected chi connectivity index (χ1v) is 10.1. The van der Waals surface area contributed by atoms with Gasteiger partial charge in [-0.25, -0.2) is 0 Å². The second kappa shape index (κ2) is 8.74. The molecule has 2 heterocycles. The lowest BCUT2D eigenvalue weighted by Crippen LogP contribution is -2.46. The molecule has 2 aromatic carbocycles. The quantitative estimate of drug-likeness (QED) is 0.585. The van der Waals surface area contributed by atoms with Gasteiger partial charge in [-0.15, -0.1) is 0 Å². The summed E-state index contributed by atoms with van der Waals surface area (Å²) in [5, 5.41) is 0.359. The van der Waals surface area contributed by atoms with Crippen LogP contribution in [-0.4, -0.2) is 45.3 Å². The Kier molecular flexibility index (Phi) is 6.01. The maximum Gasteiger partial charge on any atom is 0.416 e. The summed E-state index contributed by atoms with van der Waals surface area (Å²) in [5.41, 5.74) is 0.359. The molecule has 0 saturated carbocycles. The highest BCUT2D eigenvalue weighted by molar-refractivity contribution is 5.86. The van der Waals surface area contributed by atoms with Gasteiger partial charge in [0.2, 0.25) is 0 Å². The van der Waals surface area contributed by atoms with Crippen molar-refractivity contribution in [2.45, 2.75) is 12.7 Å². The van der Waals surface area contributed by atoms with E-state index in [-0.39, 0.29) is 5.43 Å². The molecule has 1 saturated heterocycles. The monoisotopic (exact) mass is 448 g/mol. The third-order valence-corrected chi connectivity index (χ3v) is 5.58. The fourth-order valence-corrected chi connectivity index (χ4v) is 3.83. The number of rotatable bonds is 5. The minimum absolute atomic E-state index is 0.201. The van der Waals surface area contributed by atoms with Crippen LogP contribution in [0.25, 0.3) is 11.0 Å². The number of hydrogen-bond acceptors (Lipinski definition) is 6. The molecule has 0 aliphatic carbocycles. The van der Waals surface area contributed by atoms with Crippen LogP contribution in [0.2, 0.25) is 0 Å². The Morgan fingerprint density at radius 2 is 1.66 bits per heavy atom. The van der Waals surface area contributed by atoms with Gasteiger partial charge in [0.05, 0.1) is 19.8 Å². The fourth-order valence-electron chi connectivity index (χ4n) is 3.83. The van der Waals surface area contributed by atoms with Crippen LogP contribution in [0.1, 0.15) is 11.1 Å². The number of fused-ring (bicyclic) bond motifs is 1. The van der Waals surface area contributed by atoms with Gasteiger partial charge in [0.1, 0.15) is 22.5 Å². The summed E-state index contributed by atoms with van der Waals surface area (Å²) < 4.78 is 54.8. The molecule has 6 nitrogen and oxygen atoms in total. The summed E-state index contributed by atoms with van der Waals surface area (Å²) in [4.78, 5) is 16.9. The molecule has 3 aromatic rings. The molecular weight excluding hydrogens is 425 g/mol. The molecule has 0 N–H and O–H groups in total. The van der Waals surface area contributed by atoms with E-state index in [1.807, 2.05) is 4.90 Å². The molecule has 32 heavy (non-hydrogen) atoms. The highest BCUT2D eigenvalue weighted by Crippen LogP contribution is 2.32. The smallest absolute Gasteiger partial charge is 0.416 e. The Morgan fingerprint density at radius 3 is 2.25 bits per heavy atom. The highest BCUT2D eigenvalue weighted by Gasteiger charge is 2.30. The number of benzene rings is 2. The average Bonchev–Trinajstić information content (AvgIpc) is 2.78. The van der Waals surface area contributed by atoms with Gasteiger partial charge in [0, 0.05) is 50.9 Å². The Balaban J connectivity index is 1.46. The summed E-state index contributed by atoms with van der Waals surface area (Å²) in [6.45, 7) is 3.17. The molecule has 0 spiro atoms. The number of piperazine rings is 1. The molecule has 0 radical (unpaired) electrons. The van der Waals surface area contributed by atoms with E-state index in [0.717, 1.165) is 17.7 Å². The predicted molar refractivity (Wildman–Crippen MR) is 115 cm³/mol. The van der Waals surface area contributed by atoms with E-state index in [9.17, 15) is 18.0 Å². The Hall–Kier alpha value is -3.20. The van der Waals surface area contributed by atoms with Crippen LogP contribution in [-0.2, 0) is 12.7 Å².